The SMILES string of the molecule is CNC(C)Cc1noc(-c2cc(S(=O)(=O)N(C)C)ccc2Cl)n1. The predicted molar refractivity (Wildman–Crippen MR) is 87.8 cm³/mol. The van der Waals surface area contributed by atoms with Crippen LogP contribution in [0.25, 0.3) is 11.5 Å². The Balaban J connectivity index is 2.40. The molecule has 1 unspecified atom stereocenters. The minimum atomic E-state index is -3.57. The van der Waals surface area contributed by atoms with Gasteiger partial charge < -0.3 is 9.84 Å². The highest BCUT2D eigenvalue weighted by molar-refractivity contribution is 7.89. The fourth-order valence-corrected chi connectivity index (χ4v) is 2.99. The summed E-state index contributed by atoms with van der Waals surface area (Å²) in [4.78, 5) is 4.40. The van der Waals surface area contributed by atoms with Crippen LogP contribution in [0, 0.1) is 0 Å². The van der Waals surface area contributed by atoms with Crippen molar-refractivity contribution in [1.82, 2.24) is 19.8 Å². The number of hydrogen-bond donors (Lipinski definition) is 1. The van der Waals surface area contributed by atoms with Crippen molar-refractivity contribution in [2.24, 2.45) is 0 Å². The second kappa shape index (κ2) is 6.96. The van der Waals surface area contributed by atoms with Crippen LogP contribution in [0.3, 0.4) is 0 Å². The molecule has 0 aliphatic heterocycles. The van der Waals surface area contributed by atoms with Crippen molar-refractivity contribution in [3.63, 3.8) is 0 Å². The van der Waals surface area contributed by atoms with Gasteiger partial charge in [0.25, 0.3) is 5.89 Å². The molecule has 1 N–H and O–H groups in total. The Morgan fingerprint density at radius 3 is 2.70 bits per heavy atom. The molecule has 0 radical (unpaired) electrons. The van der Waals surface area contributed by atoms with Gasteiger partial charge in [0.05, 0.1) is 15.5 Å². The lowest BCUT2D eigenvalue weighted by molar-refractivity contribution is 0.418. The van der Waals surface area contributed by atoms with Gasteiger partial charge in [-0.05, 0) is 32.2 Å². The number of aromatic nitrogens is 2. The van der Waals surface area contributed by atoms with Crippen molar-refractivity contribution in [1.29, 1.82) is 0 Å². The van der Waals surface area contributed by atoms with Gasteiger partial charge in [-0.1, -0.05) is 16.8 Å². The Morgan fingerprint density at radius 1 is 1.39 bits per heavy atom. The molecule has 2 aromatic rings. The summed E-state index contributed by atoms with van der Waals surface area (Å²) in [6.45, 7) is 1.99. The Hall–Kier alpha value is -1.48. The topological polar surface area (TPSA) is 88.3 Å². The van der Waals surface area contributed by atoms with Gasteiger partial charge in [-0.3, -0.25) is 0 Å². The van der Waals surface area contributed by atoms with Crippen molar-refractivity contribution in [2.75, 3.05) is 21.1 Å². The molecule has 1 atom stereocenters. The zero-order chi connectivity index (χ0) is 17.2. The average molecular weight is 359 g/mol. The molecule has 0 bridgehead atoms. The quantitative estimate of drug-likeness (QED) is 0.846. The Kier molecular flexibility index (Phi) is 5.41. The van der Waals surface area contributed by atoms with Crippen LogP contribution in [0.2, 0.25) is 5.02 Å². The molecule has 9 heteroatoms. The van der Waals surface area contributed by atoms with E-state index in [1.165, 1.54) is 32.3 Å². The minimum absolute atomic E-state index is 0.116. The molecule has 2 rings (SSSR count). The maximum absolute atomic E-state index is 12.2. The highest BCUT2D eigenvalue weighted by Gasteiger charge is 2.21. The maximum atomic E-state index is 12.2. The van der Waals surface area contributed by atoms with Crippen molar-refractivity contribution >= 4 is 21.6 Å². The summed E-state index contributed by atoms with van der Waals surface area (Å²) in [6.07, 6.45) is 0.591. The number of rotatable bonds is 6. The van der Waals surface area contributed by atoms with Crippen LogP contribution in [0.5, 0.6) is 0 Å². The van der Waals surface area contributed by atoms with Crippen LogP contribution >= 0.6 is 11.6 Å². The lowest BCUT2D eigenvalue weighted by atomic mass is 10.2. The molecule has 7 nitrogen and oxygen atoms in total. The van der Waals surface area contributed by atoms with E-state index < -0.39 is 10.0 Å². The van der Waals surface area contributed by atoms with E-state index in [4.69, 9.17) is 16.1 Å². The van der Waals surface area contributed by atoms with Crippen LogP contribution in [-0.2, 0) is 16.4 Å². The van der Waals surface area contributed by atoms with Crippen LogP contribution in [-0.4, -0.2) is 50.0 Å². The lowest BCUT2D eigenvalue weighted by Crippen LogP contribution is -2.24. The summed E-state index contributed by atoms with van der Waals surface area (Å²) in [5.74, 6) is 0.725. The molecular formula is C14H19ClN4O3S. The zero-order valence-electron chi connectivity index (χ0n) is 13.4. The fraction of sp³-hybridized carbons (Fsp3) is 0.429. The van der Waals surface area contributed by atoms with E-state index in [1.807, 2.05) is 14.0 Å². The average Bonchev–Trinajstić information content (AvgIpc) is 2.95. The van der Waals surface area contributed by atoms with Gasteiger partial charge in [0.1, 0.15) is 0 Å². The Bertz CT molecular complexity index is 789. The first-order chi connectivity index (χ1) is 10.8. The largest absolute Gasteiger partial charge is 0.334 e. The van der Waals surface area contributed by atoms with Crippen molar-refractivity contribution < 1.29 is 12.9 Å². The Morgan fingerprint density at radius 2 is 2.09 bits per heavy atom. The molecule has 0 amide bonds. The van der Waals surface area contributed by atoms with Gasteiger partial charge >= 0.3 is 0 Å². The number of halogens is 1. The Labute approximate surface area is 140 Å². The molecule has 0 aliphatic carbocycles. The van der Waals surface area contributed by atoms with Crippen LogP contribution in [0.4, 0.5) is 0 Å². The fourth-order valence-electron chi connectivity index (χ4n) is 1.86. The number of nitrogens with zero attached hydrogens (tertiary/aromatic N) is 3. The highest BCUT2D eigenvalue weighted by Crippen LogP contribution is 2.30. The van der Waals surface area contributed by atoms with Gasteiger partial charge in [0.15, 0.2) is 5.82 Å². The van der Waals surface area contributed by atoms with Crippen molar-refractivity contribution in [3.05, 3.63) is 29.0 Å². The van der Waals surface area contributed by atoms with Crippen molar-refractivity contribution in [3.8, 4) is 11.5 Å². The van der Waals surface area contributed by atoms with E-state index in [0.717, 1.165) is 4.31 Å². The smallest absolute Gasteiger partial charge is 0.259 e. The third kappa shape index (κ3) is 3.89. The molecule has 1 aromatic carbocycles. The minimum Gasteiger partial charge on any atom is -0.334 e. The van der Waals surface area contributed by atoms with Gasteiger partial charge in [0, 0.05) is 26.6 Å². The van der Waals surface area contributed by atoms with Crippen LogP contribution in [0.1, 0.15) is 12.7 Å². The molecule has 1 aromatic heterocycles. The number of nitrogens with one attached hydrogen (secondary N) is 1. The first-order valence-corrected chi connectivity index (χ1v) is 8.79. The summed E-state index contributed by atoms with van der Waals surface area (Å²) in [7, 11) is 1.21. The summed E-state index contributed by atoms with van der Waals surface area (Å²) < 4.78 is 30.8. The molecule has 0 fully saturated rings. The summed E-state index contributed by atoms with van der Waals surface area (Å²) in [5, 5.41) is 7.33. The molecular weight excluding hydrogens is 340 g/mol. The number of hydrogen-bond acceptors (Lipinski definition) is 6. The molecule has 0 aliphatic rings. The van der Waals surface area contributed by atoms with Gasteiger partial charge in [-0.25, -0.2) is 12.7 Å². The summed E-state index contributed by atoms with van der Waals surface area (Å²) in [6, 6.07) is 4.59. The zero-order valence-corrected chi connectivity index (χ0v) is 14.9. The molecule has 126 valence electrons. The van der Waals surface area contributed by atoms with E-state index >= 15 is 0 Å². The first kappa shape index (κ1) is 17.9. The third-order valence-corrected chi connectivity index (χ3v) is 5.54. The van der Waals surface area contributed by atoms with Crippen LogP contribution in [0.15, 0.2) is 27.6 Å². The molecule has 23 heavy (non-hydrogen) atoms. The standard InChI is InChI=1S/C14H19ClN4O3S/c1-9(16-2)7-13-17-14(22-18-13)11-8-10(5-6-12(11)15)23(20,21)19(3)4/h5-6,8-9,16H,7H2,1-4H3. The predicted octanol–water partition coefficient (Wildman–Crippen LogP) is 1.79. The third-order valence-electron chi connectivity index (χ3n) is 3.40. The van der Waals surface area contributed by atoms with Crippen LogP contribution < -0.4 is 5.32 Å². The molecule has 0 spiro atoms. The summed E-state index contributed by atoms with van der Waals surface area (Å²) >= 11 is 6.15. The second-order valence-corrected chi connectivity index (χ2v) is 7.90. The monoisotopic (exact) mass is 358 g/mol. The van der Waals surface area contributed by atoms with E-state index in [1.54, 1.807) is 0 Å². The van der Waals surface area contributed by atoms with E-state index in [0.29, 0.717) is 22.8 Å². The summed E-state index contributed by atoms with van der Waals surface area (Å²) in [5.41, 5.74) is 0.394. The normalized spacial score (nSPS) is 13.5. The second-order valence-electron chi connectivity index (χ2n) is 5.34. The molecule has 0 saturated carbocycles. The van der Waals surface area contributed by atoms with E-state index in [2.05, 4.69) is 15.5 Å². The van der Waals surface area contributed by atoms with Gasteiger partial charge in [-0.15, -0.1) is 0 Å². The number of benzene rings is 1. The van der Waals surface area contributed by atoms with Crippen molar-refractivity contribution in [2.45, 2.75) is 24.3 Å². The van der Waals surface area contributed by atoms with Gasteiger partial charge in [0.2, 0.25) is 10.0 Å². The van der Waals surface area contributed by atoms with E-state index in [-0.39, 0.29) is 16.8 Å². The maximum Gasteiger partial charge on any atom is 0.259 e. The van der Waals surface area contributed by atoms with E-state index in [9.17, 15) is 8.42 Å². The highest BCUT2D eigenvalue weighted by atomic mass is 35.5. The molecule has 0 saturated heterocycles. The first-order valence-electron chi connectivity index (χ1n) is 6.98. The lowest BCUT2D eigenvalue weighted by Gasteiger charge is -2.12. The molecule has 1 heterocycles. The number of likely N-dealkylation sites (N-methyl/N-ethyl adjacent to an activating group) is 1. The number of sulfonamides is 1. The van der Waals surface area contributed by atoms with Gasteiger partial charge in [-0.2, -0.15) is 4.98 Å².